The monoisotopic (exact) mass is 632 g/mol. The maximum absolute atomic E-state index is 12.2. The largest absolute Gasteiger partial charge is 0.550 e. The van der Waals surface area contributed by atoms with Crippen LogP contribution in [-0.4, -0.2) is 64.9 Å². The maximum Gasteiger partial charge on any atom is 0.137 e. The number of carboxylic acids is 1. The van der Waals surface area contributed by atoms with E-state index in [2.05, 4.69) is 42.7 Å². The number of hydrogen-bond donors (Lipinski definition) is 6. The van der Waals surface area contributed by atoms with Crippen LogP contribution in [0.3, 0.4) is 0 Å². The van der Waals surface area contributed by atoms with E-state index in [1.807, 2.05) is 6.08 Å². The molecule has 4 rings (SSSR count). The molecule has 0 bridgehead atoms. The Morgan fingerprint density at radius 2 is 1.87 bits per heavy atom. The third kappa shape index (κ3) is 10.1. The average molecular weight is 633 g/mol. The summed E-state index contributed by atoms with van der Waals surface area (Å²) in [5, 5.41) is 50.9. The van der Waals surface area contributed by atoms with Crippen molar-refractivity contribution in [1.82, 2.24) is 0 Å². The molecule has 2 unspecified atom stereocenters. The lowest BCUT2D eigenvalue weighted by Crippen LogP contribution is -2.94. The minimum absolute atomic E-state index is 0.0375. The predicted octanol–water partition coefficient (Wildman–Crippen LogP) is 1.59. The fourth-order valence-electron chi connectivity index (χ4n) is 9.47. The summed E-state index contributed by atoms with van der Waals surface area (Å²) < 4.78 is 0. The molecule has 8 nitrogen and oxygen atoms in total. The van der Waals surface area contributed by atoms with Crippen molar-refractivity contribution in [2.75, 3.05) is 19.6 Å². The van der Waals surface area contributed by atoms with Gasteiger partial charge in [0.1, 0.15) is 6.17 Å². The van der Waals surface area contributed by atoms with E-state index in [9.17, 15) is 25.2 Å². The second-order valence-corrected chi connectivity index (χ2v) is 15.4. The summed E-state index contributed by atoms with van der Waals surface area (Å²) in [5.74, 6) is -0.498. The van der Waals surface area contributed by atoms with Gasteiger partial charge in [-0.1, -0.05) is 69.8 Å². The molecule has 0 aromatic heterocycles. The second-order valence-electron chi connectivity index (χ2n) is 15.4. The molecule has 1 saturated carbocycles. The van der Waals surface area contributed by atoms with Gasteiger partial charge in [0.25, 0.3) is 0 Å². The number of rotatable bonds is 18. The number of aliphatic hydroxyl groups excluding tert-OH is 2. The zero-order chi connectivity index (χ0) is 32.4. The zero-order valence-corrected chi connectivity index (χ0v) is 28.3. The molecule has 0 aromatic carbocycles. The summed E-state index contributed by atoms with van der Waals surface area (Å²) >= 11 is 0. The fraction of sp³-hybridized carbons (Fsp3) is 0.865. The highest BCUT2D eigenvalue weighted by Gasteiger charge is 2.55. The van der Waals surface area contributed by atoms with Crippen LogP contribution in [0.15, 0.2) is 24.3 Å². The summed E-state index contributed by atoms with van der Waals surface area (Å²) in [5.41, 5.74) is 5.35. The third-order valence-electron chi connectivity index (χ3n) is 12.0. The number of piperidine rings is 1. The van der Waals surface area contributed by atoms with Gasteiger partial charge in [0.15, 0.2) is 0 Å². The number of unbranched alkanes of at least 4 members (excludes halogenated alkanes) is 4. The first-order chi connectivity index (χ1) is 21.6. The highest BCUT2D eigenvalue weighted by molar-refractivity contribution is 5.68. The lowest BCUT2D eigenvalue weighted by atomic mass is 9.69. The first kappa shape index (κ1) is 36.5. The molecule has 8 heteroatoms. The van der Waals surface area contributed by atoms with Crippen molar-refractivity contribution in [1.29, 1.82) is 0 Å². The minimum atomic E-state index is -1.20. The molecular weight excluding hydrogens is 566 g/mol. The van der Waals surface area contributed by atoms with Crippen LogP contribution in [0.4, 0.5) is 0 Å². The number of quaternary nitrogens is 2. The van der Waals surface area contributed by atoms with E-state index in [1.54, 1.807) is 0 Å². The molecule has 2 fully saturated rings. The van der Waals surface area contributed by atoms with Crippen molar-refractivity contribution >= 4 is 5.97 Å². The van der Waals surface area contributed by atoms with Crippen molar-refractivity contribution in [3.05, 3.63) is 24.3 Å². The Bertz CT molecular complexity index is 960. The summed E-state index contributed by atoms with van der Waals surface area (Å²) in [6, 6.07) is 0. The number of aliphatic carboxylic acids is 1. The van der Waals surface area contributed by atoms with Gasteiger partial charge in [0.05, 0.1) is 37.4 Å². The Labute approximate surface area is 272 Å². The van der Waals surface area contributed by atoms with Crippen LogP contribution in [0.5, 0.6) is 0 Å². The normalized spacial score (nSPS) is 37.8. The SMILES string of the molecule is CCCCC[C@H]1C=C[C@@H](CCCCC[C@H](C(=O)[O-])[C@H](O)[C@H]2C=C[C@H]3[C@H](CC4CC[NH2+]C(N)C4)[C@@H](C[NH2+]CC)C[C@@]3(O)C2)[C@H](O)C1. The molecule has 0 spiro atoms. The molecule has 3 aliphatic carbocycles. The van der Waals surface area contributed by atoms with Crippen molar-refractivity contribution in [2.24, 2.45) is 53.1 Å². The van der Waals surface area contributed by atoms with E-state index in [0.717, 1.165) is 71.0 Å². The Balaban J connectivity index is 1.28. The Morgan fingerprint density at radius 1 is 1.07 bits per heavy atom. The molecule has 4 aliphatic rings. The van der Waals surface area contributed by atoms with E-state index in [1.165, 1.54) is 19.3 Å². The van der Waals surface area contributed by atoms with Gasteiger partial charge >= 0.3 is 0 Å². The zero-order valence-electron chi connectivity index (χ0n) is 28.3. The fourth-order valence-corrected chi connectivity index (χ4v) is 9.47. The van der Waals surface area contributed by atoms with Gasteiger partial charge in [-0.05, 0) is 76.0 Å². The average Bonchev–Trinajstić information content (AvgIpc) is 3.28. The van der Waals surface area contributed by atoms with E-state index >= 15 is 0 Å². The van der Waals surface area contributed by atoms with Crippen LogP contribution in [-0.2, 0) is 4.79 Å². The quantitative estimate of drug-likeness (QED) is 0.0994. The number of fused-ring (bicyclic) bond motifs is 1. The van der Waals surface area contributed by atoms with E-state index in [-0.39, 0.29) is 24.1 Å². The highest BCUT2D eigenvalue weighted by atomic mass is 16.4. The van der Waals surface area contributed by atoms with Gasteiger partial charge in [-0.25, -0.2) is 0 Å². The Kier molecular flexibility index (Phi) is 14.4. The molecule has 1 heterocycles. The van der Waals surface area contributed by atoms with Crippen molar-refractivity contribution in [2.45, 2.75) is 134 Å². The number of allylic oxidation sites excluding steroid dienone is 1. The van der Waals surface area contributed by atoms with Crippen molar-refractivity contribution < 1.29 is 35.9 Å². The van der Waals surface area contributed by atoms with Crippen molar-refractivity contribution in [3.63, 3.8) is 0 Å². The smallest absolute Gasteiger partial charge is 0.137 e. The van der Waals surface area contributed by atoms with Gasteiger partial charge < -0.3 is 35.9 Å². The summed E-state index contributed by atoms with van der Waals surface area (Å²) in [6.45, 7) is 7.44. The number of carbonyl (C=O) groups excluding carboxylic acids is 1. The van der Waals surface area contributed by atoms with Gasteiger partial charge in [-0.3, -0.25) is 5.73 Å². The van der Waals surface area contributed by atoms with Crippen LogP contribution in [0, 0.1) is 47.3 Å². The minimum Gasteiger partial charge on any atom is -0.550 e. The topological polar surface area (TPSA) is 160 Å². The molecule has 9 N–H and O–H groups in total. The second kappa shape index (κ2) is 17.7. The predicted molar refractivity (Wildman–Crippen MR) is 175 cm³/mol. The number of aliphatic hydroxyl groups is 3. The molecule has 0 amide bonds. The number of hydrogen-bond acceptors (Lipinski definition) is 6. The lowest BCUT2D eigenvalue weighted by molar-refractivity contribution is -0.699. The van der Waals surface area contributed by atoms with E-state index in [0.29, 0.717) is 49.4 Å². The van der Waals surface area contributed by atoms with Gasteiger partial charge in [0.2, 0.25) is 0 Å². The van der Waals surface area contributed by atoms with Crippen LogP contribution >= 0.6 is 0 Å². The number of carbonyl (C=O) groups is 1. The molecule has 45 heavy (non-hydrogen) atoms. The summed E-state index contributed by atoms with van der Waals surface area (Å²) in [6.07, 6.45) is 21.2. The molecule has 258 valence electrons. The molecule has 0 radical (unpaired) electrons. The third-order valence-corrected chi connectivity index (χ3v) is 12.0. The lowest BCUT2D eigenvalue weighted by Gasteiger charge is -2.41. The Hall–Kier alpha value is -1.29. The first-order valence-electron chi connectivity index (χ1n) is 18.7. The summed E-state index contributed by atoms with van der Waals surface area (Å²) in [4.78, 5) is 12.2. The maximum atomic E-state index is 12.2. The molecule has 12 atom stereocenters. The van der Waals surface area contributed by atoms with E-state index < -0.39 is 29.5 Å². The first-order valence-corrected chi connectivity index (χ1v) is 18.7. The molecule has 1 saturated heterocycles. The van der Waals surface area contributed by atoms with Crippen molar-refractivity contribution in [3.8, 4) is 0 Å². The summed E-state index contributed by atoms with van der Waals surface area (Å²) in [7, 11) is 0. The number of carboxylic acid groups (broad SMARTS) is 1. The molecular formula is C37H66N3O5+. The van der Waals surface area contributed by atoms with Crippen LogP contribution in [0.2, 0.25) is 0 Å². The van der Waals surface area contributed by atoms with Gasteiger partial charge in [0, 0.05) is 42.0 Å². The number of nitrogens with two attached hydrogens (primary N) is 3. The molecule has 0 aromatic rings. The highest BCUT2D eigenvalue weighted by Crippen LogP contribution is 2.53. The molecule has 1 aliphatic heterocycles. The Morgan fingerprint density at radius 3 is 2.58 bits per heavy atom. The van der Waals surface area contributed by atoms with Gasteiger partial charge in [-0.15, -0.1) is 0 Å². The van der Waals surface area contributed by atoms with Crippen LogP contribution in [0.25, 0.3) is 0 Å². The van der Waals surface area contributed by atoms with Crippen LogP contribution < -0.4 is 21.5 Å². The van der Waals surface area contributed by atoms with E-state index in [4.69, 9.17) is 5.73 Å². The van der Waals surface area contributed by atoms with Gasteiger partial charge in [-0.2, -0.15) is 0 Å². The van der Waals surface area contributed by atoms with Crippen LogP contribution in [0.1, 0.15) is 110 Å². The standard InChI is InChI=1S/C37H65N3O5/c1-3-5-7-10-25-13-14-27(33(41)20-25)11-8-6-9-12-30(36(43)44)35(42)28-15-16-32-31(19-26-17-18-40-34(38)21-26)29(24-39-4-2)23-37(32,45)22-28/h13-16,25-35,39-42,45H,3-12,17-24,38H2,1-2H3,(H,43,44)/p+1/t25-,26?,27+,28-,29+,30-,31+,32-,33+,34?,35+,37-/m0/s1.